The van der Waals surface area contributed by atoms with E-state index in [1.54, 1.807) is 0 Å². The van der Waals surface area contributed by atoms with Gasteiger partial charge in [-0.1, -0.05) is 0 Å². The molecular formula is C36H62O28. The van der Waals surface area contributed by atoms with E-state index >= 15 is 0 Å². The van der Waals surface area contributed by atoms with Gasteiger partial charge in [0.1, 0.15) is 128 Å². The molecule has 30 atom stereocenters. The number of rotatable bonds is 13. The first-order valence-corrected chi connectivity index (χ1v) is 20.7. The van der Waals surface area contributed by atoms with Gasteiger partial charge in [0.2, 0.25) is 0 Å². The predicted molar refractivity (Wildman–Crippen MR) is 195 cm³/mol. The third kappa shape index (κ3) is 10.4. The lowest BCUT2D eigenvalue weighted by Crippen LogP contribution is -2.68. The Morgan fingerprint density at radius 2 is 0.656 bits per heavy atom. The molecule has 374 valence electrons. The molecule has 1 unspecified atom stereocenters. The topological polar surface area (TPSA) is 445 Å². The molecular weight excluding hydrogens is 880 g/mol. The van der Waals surface area contributed by atoms with Gasteiger partial charge in [0, 0.05) is 0 Å². The minimum atomic E-state index is -2.06. The Kier molecular flexibility index (Phi) is 17.7. The summed E-state index contributed by atoms with van der Waals surface area (Å²) in [6.45, 7) is 1.34. The molecule has 64 heavy (non-hydrogen) atoms. The van der Waals surface area contributed by atoms with Gasteiger partial charge < -0.3 is 139 Å². The van der Waals surface area contributed by atoms with Crippen molar-refractivity contribution in [3.8, 4) is 0 Å². The minimum absolute atomic E-state index is 0.829. The van der Waals surface area contributed by atoms with E-state index in [1.807, 2.05) is 0 Å². The lowest BCUT2D eigenvalue weighted by Gasteiger charge is -2.50. The summed E-state index contributed by atoms with van der Waals surface area (Å²) in [5.74, 6) is 0. The molecule has 28 nitrogen and oxygen atoms in total. The van der Waals surface area contributed by atoms with E-state index in [-0.39, 0.29) is 0 Å². The van der Waals surface area contributed by atoms with Crippen LogP contribution in [0.5, 0.6) is 0 Å². The minimum Gasteiger partial charge on any atom is -0.394 e. The lowest BCUT2D eigenvalue weighted by molar-refractivity contribution is -0.408. The van der Waals surface area contributed by atoms with Crippen LogP contribution >= 0.6 is 0 Å². The van der Waals surface area contributed by atoms with Crippen molar-refractivity contribution in [2.45, 2.75) is 205 Å². The summed E-state index contributed by atoms with van der Waals surface area (Å²) in [5.41, 5.74) is 0. The van der Waals surface area contributed by atoms with Crippen molar-refractivity contribution < 1.29 is 139 Å². The molecule has 0 radical (unpaired) electrons. The van der Waals surface area contributed by atoms with E-state index in [9.17, 15) is 86.8 Å². The summed E-state index contributed by atoms with van der Waals surface area (Å²) in [5, 5.41) is 180. The van der Waals surface area contributed by atoms with Gasteiger partial charge in [-0.05, 0) is 20.8 Å². The number of aliphatic hydroxyl groups is 17. The number of hydrogen-bond donors (Lipinski definition) is 17. The molecule has 6 rings (SSSR count). The van der Waals surface area contributed by atoms with Crippen LogP contribution in [0.1, 0.15) is 20.8 Å². The monoisotopic (exact) mass is 942 g/mol. The molecule has 6 saturated heterocycles. The maximum Gasteiger partial charge on any atom is 0.187 e. The molecule has 6 fully saturated rings. The van der Waals surface area contributed by atoms with Crippen molar-refractivity contribution in [3.63, 3.8) is 0 Å². The zero-order chi connectivity index (χ0) is 47.2. The van der Waals surface area contributed by atoms with E-state index in [0.29, 0.717) is 0 Å². The normalized spacial score (nSPS) is 55.3. The molecule has 6 heterocycles. The fraction of sp³-hybridized carbons (Fsp3) is 1.00. The van der Waals surface area contributed by atoms with Crippen LogP contribution in [0.15, 0.2) is 0 Å². The molecule has 0 aromatic carbocycles. The summed E-state index contributed by atoms with van der Waals surface area (Å²) in [6, 6.07) is 0. The maximum absolute atomic E-state index is 12.0. The standard InChI is InChI=1S/C36H62O28/c1-7-13(40)18(45)21(48)32(54-7)64-30-23(50)26(9(3)56-35(30)62-28-17(44)12(6-39)57-31(53)24(28)51)60-36-29(20(47)16(43)11(5-38)59-36)63-34-25(52)27(14(41)8(2)55-34)61-33-22(49)19(46)15(42)10(4-37)58-33/h7-53H,4-6H2,1-3H3/t7-,8-,9-,10-,11-,12-,13-,14+,15+,16+,17-,18+,19+,20+,21-,22-,23+,24-,25-,26-,27+,28+,29-,30-,31-,32+,33?,34+,35+,36+/m1/s1. The lowest BCUT2D eigenvalue weighted by atomic mass is 9.95. The van der Waals surface area contributed by atoms with Gasteiger partial charge in [0.05, 0.1) is 38.1 Å². The summed E-state index contributed by atoms with van der Waals surface area (Å²) in [4.78, 5) is 0. The number of hydrogen-bond acceptors (Lipinski definition) is 28. The fourth-order valence-electron chi connectivity index (χ4n) is 8.33. The largest absolute Gasteiger partial charge is 0.394 e. The summed E-state index contributed by atoms with van der Waals surface area (Å²) >= 11 is 0. The highest BCUT2D eigenvalue weighted by Gasteiger charge is 2.57. The smallest absolute Gasteiger partial charge is 0.187 e. The Morgan fingerprint density at radius 1 is 0.281 bits per heavy atom. The fourth-order valence-corrected chi connectivity index (χ4v) is 8.33. The summed E-state index contributed by atoms with van der Waals surface area (Å²) < 4.78 is 62.8. The second kappa shape index (κ2) is 21.7. The average molecular weight is 943 g/mol. The van der Waals surface area contributed by atoms with E-state index in [4.69, 9.17) is 52.1 Å². The first kappa shape index (κ1) is 52.3. The van der Waals surface area contributed by atoms with Gasteiger partial charge in [0.15, 0.2) is 37.7 Å². The molecule has 0 amide bonds. The first-order chi connectivity index (χ1) is 30.1. The molecule has 0 aromatic rings. The average Bonchev–Trinajstić information content (AvgIpc) is 3.26. The van der Waals surface area contributed by atoms with Crippen LogP contribution in [-0.2, 0) is 52.1 Å². The van der Waals surface area contributed by atoms with E-state index < -0.39 is 204 Å². The van der Waals surface area contributed by atoms with Crippen molar-refractivity contribution in [2.75, 3.05) is 19.8 Å². The van der Waals surface area contributed by atoms with Crippen molar-refractivity contribution in [1.82, 2.24) is 0 Å². The van der Waals surface area contributed by atoms with Crippen LogP contribution in [0, 0.1) is 0 Å². The predicted octanol–water partition coefficient (Wildman–Crippen LogP) is -11.0. The third-order valence-corrected chi connectivity index (χ3v) is 12.3. The molecule has 0 bridgehead atoms. The molecule has 6 aliphatic heterocycles. The van der Waals surface area contributed by atoms with Gasteiger partial charge in [-0.3, -0.25) is 0 Å². The van der Waals surface area contributed by atoms with Gasteiger partial charge >= 0.3 is 0 Å². The van der Waals surface area contributed by atoms with Crippen molar-refractivity contribution in [1.29, 1.82) is 0 Å². The Bertz CT molecular complexity index is 1450. The Balaban J connectivity index is 1.26. The van der Waals surface area contributed by atoms with Crippen LogP contribution in [-0.4, -0.2) is 291 Å². The van der Waals surface area contributed by atoms with Crippen LogP contribution < -0.4 is 0 Å². The van der Waals surface area contributed by atoms with Crippen molar-refractivity contribution in [3.05, 3.63) is 0 Å². The van der Waals surface area contributed by atoms with Crippen LogP contribution in [0.3, 0.4) is 0 Å². The Morgan fingerprint density at radius 3 is 1.23 bits per heavy atom. The molecule has 28 heteroatoms. The van der Waals surface area contributed by atoms with Crippen LogP contribution in [0.4, 0.5) is 0 Å². The number of ether oxygens (including phenoxy) is 11. The molecule has 0 saturated carbocycles. The number of aliphatic hydroxyl groups excluding tert-OH is 17. The molecule has 0 spiro atoms. The zero-order valence-electron chi connectivity index (χ0n) is 34.5. The highest BCUT2D eigenvalue weighted by Crippen LogP contribution is 2.37. The highest BCUT2D eigenvalue weighted by molar-refractivity contribution is 4.99. The highest BCUT2D eigenvalue weighted by atomic mass is 16.8. The van der Waals surface area contributed by atoms with Gasteiger partial charge in [-0.2, -0.15) is 0 Å². The van der Waals surface area contributed by atoms with E-state index in [2.05, 4.69) is 0 Å². The van der Waals surface area contributed by atoms with E-state index in [0.717, 1.165) is 0 Å². The third-order valence-electron chi connectivity index (χ3n) is 12.3. The van der Waals surface area contributed by atoms with Crippen molar-refractivity contribution >= 4 is 0 Å². The van der Waals surface area contributed by atoms with Gasteiger partial charge in [-0.25, -0.2) is 0 Å². The van der Waals surface area contributed by atoms with Crippen molar-refractivity contribution in [2.24, 2.45) is 0 Å². The van der Waals surface area contributed by atoms with Gasteiger partial charge in [0.25, 0.3) is 0 Å². The quantitative estimate of drug-likeness (QED) is 0.0815. The molecule has 17 N–H and O–H groups in total. The first-order valence-electron chi connectivity index (χ1n) is 20.7. The second-order valence-corrected chi connectivity index (χ2v) is 16.7. The second-order valence-electron chi connectivity index (χ2n) is 16.7. The zero-order valence-corrected chi connectivity index (χ0v) is 34.5. The van der Waals surface area contributed by atoms with Crippen LogP contribution in [0.2, 0.25) is 0 Å². The molecule has 6 aliphatic rings. The van der Waals surface area contributed by atoms with Crippen LogP contribution in [0.25, 0.3) is 0 Å². The van der Waals surface area contributed by atoms with Gasteiger partial charge in [-0.15, -0.1) is 0 Å². The SMILES string of the molecule is C[C@H]1O[C@@H](O[C@H]2[C@H](O[C@H]3[C@H](O)[C@@H](O[C@@H]4O[C@H](C)[C@@H](O)[C@H](O)[C@H]4O)[C@H](O[C@@H]4[C@@H](O)[C@H](O)O[C@H](CO)[C@H]4O)O[C@@H]3C)O[C@H](CO)[C@H](O)[C@@H]2O)[C@H](O)[C@@H](OC2O[C@H](CO)[C@H](O)[C@H](O)[C@H]2O)[C@H]1O. The molecule has 0 aromatic heterocycles. The Hall–Kier alpha value is -1.12. The Labute approximate surface area is 363 Å². The summed E-state index contributed by atoms with van der Waals surface area (Å²) in [6.07, 6.45) is -53.6. The van der Waals surface area contributed by atoms with E-state index in [1.165, 1.54) is 20.8 Å². The maximum atomic E-state index is 12.0. The molecule has 0 aliphatic carbocycles. The summed E-state index contributed by atoms with van der Waals surface area (Å²) in [7, 11) is 0.